The average molecular weight is 438 g/mol. The molecule has 0 saturated carbocycles. The van der Waals surface area contributed by atoms with E-state index in [2.05, 4.69) is 15.2 Å². The molecule has 1 amide bonds. The summed E-state index contributed by atoms with van der Waals surface area (Å²) >= 11 is 0. The molecule has 8 heteroatoms. The van der Waals surface area contributed by atoms with Crippen LogP contribution in [0.15, 0.2) is 48.5 Å². The number of aromatic nitrogens is 3. The van der Waals surface area contributed by atoms with Crippen LogP contribution in [0.4, 0.5) is 4.39 Å². The number of nitrogens with zero attached hydrogens (tertiary/aromatic N) is 4. The molecule has 4 rings (SSSR count). The van der Waals surface area contributed by atoms with E-state index in [9.17, 15) is 9.18 Å². The summed E-state index contributed by atoms with van der Waals surface area (Å²) in [6, 6.07) is 13.5. The Hall–Kier alpha value is -3.26. The minimum atomic E-state index is -0.266. The van der Waals surface area contributed by atoms with Crippen molar-refractivity contribution >= 4 is 5.91 Å². The normalized spacial score (nSPS) is 16.0. The monoisotopic (exact) mass is 437 g/mol. The van der Waals surface area contributed by atoms with Crippen LogP contribution in [-0.4, -0.2) is 64.7 Å². The second-order valence-corrected chi connectivity index (χ2v) is 8.25. The summed E-state index contributed by atoms with van der Waals surface area (Å²) in [5.41, 5.74) is 1.50. The van der Waals surface area contributed by atoms with Crippen molar-refractivity contribution in [1.29, 1.82) is 0 Å². The van der Waals surface area contributed by atoms with Gasteiger partial charge < -0.3 is 14.5 Å². The molecule has 1 atom stereocenters. The Kier molecular flexibility index (Phi) is 6.80. The maximum absolute atomic E-state index is 13.4. The molecule has 2 aromatic carbocycles. The van der Waals surface area contributed by atoms with Gasteiger partial charge in [-0.05, 0) is 56.8 Å². The lowest BCUT2D eigenvalue weighted by atomic mass is 10.1. The lowest BCUT2D eigenvalue weighted by molar-refractivity contribution is 0.0725. The predicted octanol–water partition coefficient (Wildman–Crippen LogP) is 3.45. The van der Waals surface area contributed by atoms with Crippen LogP contribution in [0.2, 0.25) is 0 Å². The zero-order valence-corrected chi connectivity index (χ0v) is 18.4. The first kappa shape index (κ1) is 22.0. The Balaban J connectivity index is 1.48. The standard InChI is InChI=1S/C24H28FN5O2/c1-29(2)14-15-32-21-8-4-3-6-19(21)24(31)30-13-5-7-20(30)23-26-22(27-28-23)16-17-9-11-18(25)12-10-17/h3-4,6,8-12,20H,5,7,13-16H2,1-2H3,(H,26,27,28). The van der Waals surface area contributed by atoms with Crippen LogP contribution >= 0.6 is 0 Å². The summed E-state index contributed by atoms with van der Waals surface area (Å²) in [5, 5.41) is 7.36. The first-order chi connectivity index (χ1) is 15.5. The van der Waals surface area contributed by atoms with Crippen LogP contribution in [0, 0.1) is 5.82 Å². The number of para-hydroxylation sites is 1. The van der Waals surface area contributed by atoms with E-state index in [4.69, 9.17) is 4.74 Å². The summed E-state index contributed by atoms with van der Waals surface area (Å²) in [4.78, 5) is 21.9. The Bertz CT molecular complexity index is 1050. The number of carbonyl (C=O) groups is 1. The van der Waals surface area contributed by atoms with Gasteiger partial charge in [0.25, 0.3) is 5.91 Å². The number of benzene rings is 2. The summed E-state index contributed by atoms with van der Waals surface area (Å²) in [7, 11) is 3.97. The first-order valence-corrected chi connectivity index (χ1v) is 10.8. The molecule has 1 aliphatic rings. The minimum Gasteiger partial charge on any atom is -0.491 e. The average Bonchev–Trinajstić information content (AvgIpc) is 3.44. The number of ether oxygens (including phenoxy) is 1. The molecule has 0 aliphatic carbocycles. The SMILES string of the molecule is CN(C)CCOc1ccccc1C(=O)N1CCCC1c1n[nH]c(Cc2ccc(F)cc2)n1. The molecule has 3 aromatic rings. The highest BCUT2D eigenvalue weighted by Gasteiger charge is 2.34. The Morgan fingerprint density at radius 3 is 2.78 bits per heavy atom. The number of amides is 1. The van der Waals surface area contributed by atoms with Crippen molar-refractivity contribution in [2.45, 2.75) is 25.3 Å². The highest BCUT2D eigenvalue weighted by atomic mass is 19.1. The Morgan fingerprint density at radius 2 is 2.00 bits per heavy atom. The molecule has 1 aromatic heterocycles. The Morgan fingerprint density at radius 1 is 1.22 bits per heavy atom. The van der Waals surface area contributed by atoms with Gasteiger partial charge in [0.1, 0.15) is 24.0 Å². The number of hydrogen-bond acceptors (Lipinski definition) is 5. The van der Waals surface area contributed by atoms with E-state index < -0.39 is 0 Å². The van der Waals surface area contributed by atoms with Crippen LogP contribution in [-0.2, 0) is 6.42 Å². The number of likely N-dealkylation sites (N-methyl/N-ethyl adjacent to an activating group) is 1. The molecule has 1 aliphatic heterocycles. The van der Waals surface area contributed by atoms with Crippen molar-refractivity contribution < 1.29 is 13.9 Å². The summed E-state index contributed by atoms with van der Waals surface area (Å²) < 4.78 is 19.0. The van der Waals surface area contributed by atoms with Gasteiger partial charge in [0.15, 0.2) is 5.82 Å². The van der Waals surface area contributed by atoms with Crippen LogP contribution in [0.1, 0.15) is 46.5 Å². The number of nitrogens with one attached hydrogen (secondary N) is 1. The number of halogens is 1. The predicted molar refractivity (Wildman–Crippen MR) is 119 cm³/mol. The van der Waals surface area contributed by atoms with E-state index >= 15 is 0 Å². The molecule has 7 nitrogen and oxygen atoms in total. The van der Waals surface area contributed by atoms with Gasteiger partial charge in [-0.3, -0.25) is 9.89 Å². The topological polar surface area (TPSA) is 74.3 Å². The number of likely N-dealkylation sites (tertiary alicyclic amines) is 1. The van der Waals surface area contributed by atoms with Crippen LogP contribution in [0.25, 0.3) is 0 Å². The smallest absolute Gasteiger partial charge is 0.258 e. The third kappa shape index (κ3) is 5.13. The molecule has 32 heavy (non-hydrogen) atoms. The lowest BCUT2D eigenvalue weighted by Gasteiger charge is -2.24. The fourth-order valence-electron chi connectivity index (χ4n) is 3.87. The van der Waals surface area contributed by atoms with Crippen molar-refractivity contribution in [2.75, 3.05) is 33.8 Å². The van der Waals surface area contributed by atoms with E-state index in [0.717, 1.165) is 24.9 Å². The Labute approximate surface area is 187 Å². The van der Waals surface area contributed by atoms with Crippen molar-refractivity contribution in [3.63, 3.8) is 0 Å². The maximum atomic E-state index is 13.4. The molecular formula is C24H28FN5O2. The molecule has 168 valence electrons. The van der Waals surface area contributed by atoms with Gasteiger partial charge in [-0.2, -0.15) is 5.10 Å². The fraction of sp³-hybridized carbons (Fsp3) is 0.375. The highest BCUT2D eigenvalue weighted by Crippen LogP contribution is 2.33. The van der Waals surface area contributed by atoms with Gasteiger partial charge in [-0.15, -0.1) is 0 Å². The van der Waals surface area contributed by atoms with E-state index in [1.807, 2.05) is 42.1 Å². The summed E-state index contributed by atoms with van der Waals surface area (Å²) in [6.45, 7) is 1.93. The van der Waals surface area contributed by atoms with E-state index in [1.54, 1.807) is 18.2 Å². The van der Waals surface area contributed by atoms with Gasteiger partial charge in [-0.25, -0.2) is 9.37 Å². The molecule has 0 spiro atoms. The molecule has 1 N–H and O–H groups in total. The molecule has 2 heterocycles. The van der Waals surface area contributed by atoms with Gasteiger partial charge >= 0.3 is 0 Å². The molecule has 0 bridgehead atoms. The van der Waals surface area contributed by atoms with Crippen LogP contribution in [0.3, 0.4) is 0 Å². The minimum absolute atomic E-state index is 0.0714. The molecule has 0 radical (unpaired) electrons. The number of hydrogen-bond donors (Lipinski definition) is 1. The van der Waals surface area contributed by atoms with Crippen LogP contribution in [0.5, 0.6) is 5.75 Å². The number of aromatic amines is 1. The fourth-order valence-corrected chi connectivity index (χ4v) is 3.87. The highest BCUT2D eigenvalue weighted by molar-refractivity contribution is 5.97. The quantitative estimate of drug-likeness (QED) is 0.584. The van der Waals surface area contributed by atoms with E-state index in [-0.39, 0.29) is 17.8 Å². The first-order valence-electron chi connectivity index (χ1n) is 10.8. The second kappa shape index (κ2) is 9.91. The molecule has 1 unspecified atom stereocenters. The molecule has 1 fully saturated rings. The summed E-state index contributed by atoms with van der Waals surface area (Å²) in [6.07, 6.45) is 2.22. The number of rotatable bonds is 8. The third-order valence-corrected chi connectivity index (χ3v) is 5.56. The van der Waals surface area contributed by atoms with Crippen LogP contribution < -0.4 is 4.74 Å². The zero-order chi connectivity index (χ0) is 22.5. The second-order valence-electron chi connectivity index (χ2n) is 8.25. The van der Waals surface area contributed by atoms with E-state index in [0.29, 0.717) is 42.5 Å². The van der Waals surface area contributed by atoms with Gasteiger partial charge in [-0.1, -0.05) is 24.3 Å². The number of H-pyrrole nitrogens is 1. The lowest BCUT2D eigenvalue weighted by Crippen LogP contribution is -2.31. The van der Waals surface area contributed by atoms with Crippen molar-refractivity contribution in [3.8, 4) is 5.75 Å². The van der Waals surface area contributed by atoms with Gasteiger partial charge in [0, 0.05) is 19.5 Å². The zero-order valence-electron chi connectivity index (χ0n) is 18.4. The largest absolute Gasteiger partial charge is 0.491 e. The maximum Gasteiger partial charge on any atom is 0.258 e. The van der Waals surface area contributed by atoms with Gasteiger partial charge in [0.05, 0.1) is 11.6 Å². The summed E-state index contributed by atoms with van der Waals surface area (Å²) in [5.74, 6) is 1.56. The van der Waals surface area contributed by atoms with Crippen molar-refractivity contribution in [2.24, 2.45) is 0 Å². The molecular weight excluding hydrogens is 409 g/mol. The van der Waals surface area contributed by atoms with Crippen molar-refractivity contribution in [1.82, 2.24) is 25.0 Å². The molecule has 1 saturated heterocycles. The van der Waals surface area contributed by atoms with E-state index in [1.165, 1.54) is 12.1 Å². The van der Waals surface area contributed by atoms with Gasteiger partial charge in [0.2, 0.25) is 0 Å². The third-order valence-electron chi connectivity index (χ3n) is 5.56. The van der Waals surface area contributed by atoms with Crippen molar-refractivity contribution in [3.05, 3.63) is 77.1 Å². The number of carbonyl (C=O) groups excluding carboxylic acids is 1.